The van der Waals surface area contributed by atoms with Crippen molar-refractivity contribution < 1.29 is 9.53 Å². The summed E-state index contributed by atoms with van der Waals surface area (Å²) in [4.78, 5) is 15.2. The van der Waals surface area contributed by atoms with Gasteiger partial charge in [0.15, 0.2) is 11.0 Å². The van der Waals surface area contributed by atoms with E-state index < -0.39 is 0 Å². The Morgan fingerprint density at radius 3 is 2.55 bits per heavy atom. The number of rotatable bonds is 5. The summed E-state index contributed by atoms with van der Waals surface area (Å²) in [6, 6.07) is 20.3. The Morgan fingerprint density at radius 1 is 1.00 bits per heavy atom. The summed E-state index contributed by atoms with van der Waals surface area (Å²) in [5.41, 5.74) is 1.98. The fourth-order valence-electron chi connectivity index (χ4n) is 4.56. The van der Waals surface area contributed by atoms with E-state index in [1.165, 1.54) is 24.6 Å². The standard InChI is InChI=1S/C24H26N4O2S/c29-22(27-15-16-30-21-14-8-7-13-20(21)27)17-31-24-26-25-23(18-9-3-1-4-10-18)28(24)19-11-5-2-6-12-19/h1-6,9-12,20-21H,7-8,13-17H2. The van der Waals surface area contributed by atoms with Gasteiger partial charge in [0.2, 0.25) is 5.91 Å². The summed E-state index contributed by atoms with van der Waals surface area (Å²) in [6.07, 6.45) is 4.67. The third-order valence-corrected chi connectivity index (χ3v) is 6.97. The molecule has 2 fully saturated rings. The highest BCUT2D eigenvalue weighted by atomic mass is 32.2. The molecule has 2 unspecified atom stereocenters. The minimum absolute atomic E-state index is 0.161. The Kier molecular flexibility index (Phi) is 6.04. The van der Waals surface area contributed by atoms with Crippen LogP contribution in [0, 0.1) is 0 Å². The maximum absolute atomic E-state index is 13.1. The number of aromatic nitrogens is 3. The Labute approximate surface area is 186 Å². The van der Waals surface area contributed by atoms with Crippen molar-refractivity contribution in [2.75, 3.05) is 18.9 Å². The first-order valence-corrected chi connectivity index (χ1v) is 11.9. The van der Waals surface area contributed by atoms with Gasteiger partial charge in [-0.1, -0.05) is 73.1 Å². The summed E-state index contributed by atoms with van der Waals surface area (Å²) in [5.74, 6) is 1.29. The SMILES string of the molecule is O=C(CSc1nnc(-c2ccccc2)n1-c1ccccc1)N1CCOC2CCCCC21. The van der Waals surface area contributed by atoms with Gasteiger partial charge in [-0.2, -0.15) is 0 Å². The third-order valence-electron chi connectivity index (χ3n) is 6.06. The molecule has 0 radical (unpaired) electrons. The van der Waals surface area contributed by atoms with Crippen LogP contribution in [0.4, 0.5) is 0 Å². The third kappa shape index (κ3) is 4.25. The molecule has 6 nitrogen and oxygen atoms in total. The van der Waals surface area contributed by atoms with E-state index in [0.717, 1.165) is 35.1 Å². The van der Waals surface area contributed by atoms with Gasteiger partial charge < -0.3 is 9.64 Å². The maximum atomic E-state index is 13.1. The Morgan fingerprint density at radius 2 is 1.74 bits per heavy atom. The van der Waals surface area contributed by atoms with Gasteiger partial charge in [-0.3, -0.25) is 9.36 Å². The van der Waals surface area contributed by atoms with Crippen molar-refractivity contribution in [1.29, 1.82) is 0 Å². The van der Waals surface area contributed by atoms with E-state index in [-0.39, 0.29) is 18.1 Å². The lowest BCUT2D eigenvalue weighted by Gasteiger charge is -2.43. The number of ether oxygens (including phenoxy) is 1. The zero-order chi connectivity index (χ0) is 21.0. The first-order valence-electron chi connectivity index (χ1n) is 10.9. The van der Waals surface area contributed by atoms with E-state index in [2.05, 4.69) is 10.2 Å². The number of hydrogen-bond donors (Lipinski definition) is 0. The van der Waals surface area contributed by atoms with Crippen molar-refractivity contribution in [1.82, 2.24) is 19.7 Å². The van der Waals surface area contributed by atoms with E-state index in [9.17, 15) is 4.79 Å². The Bertz CT molecular complexity index is 1020. The van der Waals surface area contributed by atoms with Gasteiger partial charge in [0.25, 0.3) is 0 Å². The van der Waals surface area contributed by atoms with E-state index in [0.29, 0.717) is 18.9 Å². The average molecular weight is 435 g/mol. The number of para-hydroxylation sites is 1. The first-order chi connectivity index (χ1) is 15.3. The van der Waals surface area contributed by atoms with Crippen LogP contribution < -0.4 is 0 Å². The molecule has 0 spiro atoms. The number of thioether (sulfide) groups is 1. The molecule has 1 aliphatic heterocycles. The number of carbonyl (C=O) groups excluding carboxylic acids is 1. The maximum Gasteiger partial charge on any atom is 0.233 e. The predicted octanol–water partition coefficient (Wildman–Crippen LogP) is 4.20. The van der Waals surface area contributed by atoms with Crippen LogP contribution in [-0.2, 0) is 9.53 Å². The molecule has 2 aliphatic rings. The monoisotopic (exact) mass is 434 g/mol. The van der Waals surface area contributed by atoms with Gasteiger partial charge >= 0.3 is 0 Å². The molecule has 5 rings (SSSR count). The molecular formula is C24H26N4O2S. The number of hydrogen-bond acceptors (Lipinski definition) is 5. The normalized spacial score (nSPS) is 21.0. The molecule has 0 N–H and O–H groups in total. The highest BCUT2D eigenvalue weighted by Gasteiger charge is 2.36. The summed E-state index contributed by atoms with van der Waals surface area (Å²) in [7, 11) is 0. The van der Waals surface area contributed by atoms with Crippen molar-refractivity contribution in [2.24, 2.45) is 0 Å². The van der Waals surface area contributed by atoms with Gasteiger partial charge in [-0.05, 0) is 25.0 Å². The molecule has 1 saturated heterocycles. The number of benzene rings is 2. The van der Waals surface area contributed by atoms with Gasteiger partial charge in [-0.25, -0.2) is 0 Å². The molecule has 1 saturated carbocycles. The molecular weight excluding hydrogens is 408 g/mol. The van der Waals surface area contributed by atoms with Crippen molar-refractivity contribution in [3.8, 4) is 17.1 Å². The van der Waals surface area contributed by atoms with E-state index in [4.69, 9.17) is 4.74 Å². The molecule has 31 heavy (non-hydrogen) atoms. The molecule has 1 aliphatic carbocycles. The molecule has 0 bridgehead atoms. The number of nitrogens with zero attached hydrogens (tertiary/aromatic N) is 4. The fourth-order valence-corrected chi connectivity index (χ4v) is 5.40. The second-order valence-corrected chi connectivity index (χ2v) is 8.92. The zero-order valence-electron chi connectivity index (χ0n) is 17.4. The number of fused-ring (bicyclic) bond motifs is 1. The van der Waals surface area contributed by atoms with Crippen LogP contribution in [-0.4, -0.2) is 56.6 Å². The first kappa shape index (κ1) is 20.3. The van der Waals surface area contributed by atoms with Crippen LogP contribution in [0.2, 0.25) is 0 Å². The second kappa shape index (κ2) is 9.24. The summed E-state index contributed by atoms with van der Waals surface area (Å²) >= 11 is 1.46. The van der Waals surface area contributed by atoms with Crippen LogP contribution in [0.3, 0.4) is 0 Å². The quantitative estimate of drug-likeness (QED) is 0.564. The summed E-state index contributed by atoms with van der Waals surface area (Å²) in [5, 5.41) is 9.64. The van der Waals surface area contributed by atoms with Crippen molar-refractivity contribution >= 4 is 17.7 Å². The molecule has 1 amide bonds. The number of morpholine rings is 1. The van der Waals surface area contributed by atoms with Crippen LogP contribution in [0.1, 0.15) is 25.7 Å². The van der Waals surface area contributed by atoms with Crippen molar-refractivity contribution in [2.45, 2.75) is 43.0 Å². The summed E-state index contributed by atoms with van der Waals surface area (Å²) < 4.78 is 7.96. The molecule has 7 heteroatoms. The highest BCUT2D eigenvalue weighted by Crippen LogP contribution is 2.31. The zero-order valence-corrected chi connectivity index (χ0v) is 18.2. The van der Waals surface area contributed by atoms with Gasteiger partial charge in [-0.15, -0.1) is 10.2 Å². The molecule has 2 aromatic carbocycles. The molecule has 3 aromatic rings. The van der Waals surface area contributed by atoms with Crippen molar-refractivity contribution in [3.05, 3.63) is 60.7 Å². The van der Waals surface area contributed by atoms with E-state index >= 15 is 0 Å². The fraction of sp³-hybridized carbons (Fsp3) is 0.375. The van der Waals surface area contributed by atoms with Crippen LogP contribution >= 0.6 is 11.8 Å². The Balaban J connectivity index is 1.38. The van der Waals surface area contributed by atoms with Gasteiger partial charge in [0.05, 0.1) is 24.5 Å². The molecule has 160 valence electrons. The predicted molar refractivity (Wildman–Crippen MR) is 121 cm³/mol. The van der Waals surface area contributed by atoms with E-state index in [1.807, 2.05) is 70.1 Å². The highest BCUT2D eigenvalue weighted by molar-refractivity contribution is 7.99. The van der Waals surface area contributed by atoms with Crippen molar-refractivity contribution in [3.63, 3.8) is 0 Å². The Hall–Kier alpha value is -2.64. The van der Waals surface area contributed by atoms with Crippen LogP contribution in [0.5, 0.6) is 0 Å². The number of amides is 1. The minimum atomic E-state index is 0.161. The summed E-state index contributed by atoms with van der Waals surface area (Å²) in [6.45, 7) is 1.32. The molecule has 2 atom stereocenters. The van der Waals surface area contributed by atoms with Gasteiger partial charge in [0.1, 0.15) is 0 Å². The lowest BCUT2D eigenvalue weighted by atomic mass is 9.90. The minimum Gasteiger partial charge on any atom is -0.374 e. The molecule has 2 heterocycles. The van der Waals surface area contributed by atoms with Crippen LogP contribution in [0.25, 0.3) is 17.1 Å². The van der Waals surface area contributed by atoms with Gasteiger partial charge in [0, 0.05) is 17.8 Å². The topological polar surface area (TPSA) is 60.2 Å². The smallest absolute Gasteiger partial charge is 0.233 e. The lowest BCUT2D eigenvalue weighted by Crippen LogP contribution is -2.55. The number of carbonyl (C=O) groups is 1. The largest absolute Gasteiger partial charge is 0.374 e. The second-order valence-electron chi connectivity index (χ2n) is 7.98. The molecule has 1 aromatic heterocycles. The average Bonchev–Trinajstić information content (AvgIpc) is 3.27. The lowest BCUT2D eigenvalue weighted by molar-refractivity contribution is -0.146. The van der Waals surface area contributed by atoms with Crippen LogP contribution in [0.15, 0.2) is 65.8 Å². The van der Waals surface area contributed by atoms with E-state index in [1.54, 1.807) is 0 Å².